The molecule has 0 aromatic heterocycles. The maximum absolute atomic E-state index is 13.8. The lowest BCUT2D eigenvalue weighted by molar-refractivity contribution is -0.190. The summed E-state index contributed by atoms with van der Waals surface area (Å²) in [5, 5.41) is 16.3. The Hall–Kier alpha value is -3.59. The first-order valence-corrected chi connectivity index (χ1v) is 14.2. The van der Waals surface area contributed by atoms with E-state index in [9.17, 15) is 19.5 Å². The average Bonchev–Trinajstić information content (AvgIpc) is 2.93. The fraction of sp³-hybridized carbons (Fsp3) is 0.500. The highest BCUT2D eigenvalue weighted by Crippen LogP contribution is 2.29. The Balaban J connectivity index is 1.63. The molecule has 9 nitrogen and oxygen atoms in total. The van der Waals surface area contributed by atoms with Gasteiger partial charge in [-0.3, -0.25) is 9.59 Å². The zero-order valence-electron chi connectivity index (χ0n) is 23.1. The highest BCUT2D eigenvalue weighted by molar-refractivity contribution is 5.91. The van der Waals surface area contributed by atoms with Crippen LogP contribution >= 0.6 is 0 Å². The summed E-state index contributed by atoms with van der Waals surface area (Å²) < 4.78 is 0. The zero-order valence-corrected chi connectivity index (χ0v) is 23.1. The van der Waals surface area contributed by atoms with Gasteiger partial charge in [0.05, 0.1) is 13.1 Å². The number of hydrazine groups is 1. The van der Waals surface area contributed by atoms with Crippen LogP contribution in [0.2, 0.25) is 0 Å². The summed E-state index contributed by atoms with van der Waals surface area (Å²) in [4.78, 5) is 44.6. The second kappa shape index (κ2) is 13.5. The summed E-state index contributed by atoms with van der Waals surface area (Å²) in [7, 11) is 0. The number of aromatic hydroxyl groups is 1. The highest BCUT2D eigenvalue weighted by Gasteiger charge is 2.51. The van der Waals surface area contributed by atoms with E-state index in [1.54, 1.807) is 34.2 Å². The standard InChI is InChI=1S/C30H41N5O4/c1-3-5-6-10-18-32-21-27-34(26(29(32)38)19-23-13-15-25(36)16-14-23)28(37)22-33(17-4-2)35(27)30(39)31-20-24-11-8-7-9-12-24/h7-9,11-16,26-27,36H,3-6,10,17-22H2,1-2H3,(H,31,39)/t26-,27-/m0/s1. The van der Waals surface area contributed by atoms with Gasteiger partial charge >= 0.3 is 6.03 Å². The minimum absolute atomic E-state index is 0.0406. The number of amides is 4. The molecule has 2 heterocycles. The molecular formula is C30H41N5O4. The molecule has 39 heavy (non-hydrogen) atoms. The summed E-state index contributed by atoms with van der Waals surface area (Å²) in [6.07, 6.45) is 4.61. The number of phenols is 1. The van der Waals surface area contributed by atoms with Crippen LogP contribution in [0.15, 0.2) is 54.6 Å². The van der Waals surface area contributed by atoms with Gasteiger partial charge in [0.25, 0.3) is 0 Å². The van der Waals surface area contributed by atoms with Crippen LogP contribution in [-0.2, 0) is 22.6 Å². The molecule has 0 radical (unpaired) electrons. The van der Waals surface area contributed by atoms with E-state index >= 15 is 0 Å². The molecular weight excluding hydrogens is 494 g/mol. The first-order chi connectivity index (χ1) is 18.9. The number of piperazine rings is 1. The third kappa shape index (κ3) is 6.89. The Bertz CT molecular complexity index is 1110. The fourth-order valence-corrected chi connectivity index (χ4v) is 5.49. The molecule has 2 aliphatic rings. The molecule has 2 aromatic carbocycles. The molecule has 4 rings (SSSR count). The number of nitrogens with zero attached hydrogens (tertiary/aromatic N) is 4. The average molecular weight is 536 g/mol. The van der Waals surface area contributed by atoms with Gasteiger partial charge in [-0.25, -0.2) is 14.8 Å². The number of hydrogen-bond acceptors (Lipinski definition) is 5. The first kappa shape index (κ1) is 28.4. The maximum atomic E-state index is 13.8. The Kier molecular flexibility index (Phi) is 9.81. The van der Waals surface area contributed by atoms with E-state index in [-0.39, 0.29) is 36.7 Å². The van der Waals surface area contributed by atoms with E-state index in [0.29, 0.717) is 26.1 Å². The molecule has 0 aliphatic carbocycles. The quantitative estimate of drug-likeness (QED) is 0.428. The van der Waals surface area contributed by atoms with Crippen molar-refractivity contribution in [2.24, 2.45) is 0 Å². The largest absolute Gasteiger partial charge is 0.508 e. The number of fused-ring (bicyclic) bond motifs is 1. The van der Waals surface area contributed by atoms with Crippen LogP contribution in [0.1, 0.15) is 57.1 Å². The van der Waals surface area contributed by atoms with Crippen molar-refractivity contribution in [1.29, 1.82) is 0 Å². The van der Waals surface area contributed by atoms with Crippen LogP contribution in [-0.4, -0.2) is 81.2 Å². The summed E-state index contributed by atoms with van der Waals surface area (Å²) >= 11 is 0. The van der Waals surface area contributed by atoms with Crippen LogP contribution in [0.5, 0.6) is 5.75 Å². The van der Waals surface area contributed by atoms with Gasteiger partial charge in [-0.05, 0) is 36.1 Å². The van der Waals surface area contributed by atoms with Gasteiger partial charge in [0.15, 0.2) is 0 Å². The van der Waals surface area contributed by atoms with Crippen molar-refractivity contribution in [2.45, 2.75) is 71.1 Å². The van der Waals surface area contributed by atoms with E-state index in [1.165, 1.54) is 0 Å². The van der Waals surface area contributed by atoms with Gasteiger partial charge in [0.2, 0.25) is 11.8 Å². The Labute approximate surface area is 231 Å². The van der Waals surface area contributed by atoms with Crippen molar-refractivity contribution in [3.63, 3.8) is 0 Å². The van der Waals surface area contributed by atoms with Crippen molar-refractivity contribution in [3.8, 4) is 5.75 Å². The monoisotopic (exact) mass is 535 g/mol. The minimum Gasteiger partial charge on any atom is -0.508 e. The van der Waals surface area contributed by atoms with Gasteiger partial charge in [0, 0.05) is 26.1 Å². The summed E-state index contributed by atoms with van der Waals surface area (Å²) in [5.74, 6) is -0.0873. The highest BCUT2D eigenvalue weighted by atomic mass is 16.3. The van der Waals surface area contributed by atoms with Gasteiger partial charge in [-0.2, -0.15) is 0 Å². The van der Waals surface area contributed by atoms with E-state index in [4.69, 9.17) is 0 Å². The lowest BCUT2D eigenvalue weighted by Gasteiger charge is -2.55. The van der Waals surface area contributed by atoms with Crippen molar-refractivity contribution in [2.75, 3.05) is 26.2 Å². The van der Waals surface area contributed by atoms with Crippen LogP contribution in [0.4, 0.5) is 4.79 Å². The predicted molar refractivity (Wildman–Crippen MR) is 149 cm³/mol. The number of urea groups is 1. The number of carbonyl (C=O) groups excluding carboxylic acids is 3. The molecule has 210 valence electrons. The maximum Gasteiger partial charge on any atom is 0.334 e. The number of phenolic OH excluding ortho intramolecular Hbond substituents is 1. The molecule has 4 amide bonds. The Morgan fingerprint density at radius 1 is 0.923 bits per heavy atom. The Morgan fingerprint density at radius 2 is 1.67 bits per heavy atom. The second-order valence-electron chi connectivity index (χ2n) is 10.4. The topological polar surface area (TPSA) is 96.4 Å². The molecule has 2 aromatic rings. The van der Waals surface area contributed by atoms with E-state index < -0.39 is 12.2 Å². The SMILES string of the molecule is CCCCCCN1C[C@H]2N(C(=O)CN(CCC)N2C(=O)NCc2ccccc2)[C@@H](Cc2ccc(O)cc2)C1=O. The van der Waals surface area contributed by atoms with Crippen LogP contribution in [0.3, 0.4) is 0 Å². The van der Waals surface area contributed by atoms with E-state index in [1.807, 2.05) is 47.2 Å². The second-order valence-corrected chi connectivity index (χ2v) is 10.4. The number of unbranched alkanes of at least 4 members (excludes halogenated alkanes) is 3. The summed E-state index contributed by atoms with van der Waals surface area (Å²) in [6.45, 7) is 6.02. The van der Waals surface area contributed by atoms with Gasteiger partial charge in [0.1, 0.15) is 18.0 Å². The molecule has 2 saturated heterocycles. The number of benzene rings is 2. The number of hydrogen-bond donors (Lipinski definition) is 2. The fourth-order valence-electron chi connectivity index (χ4n) is 5.49. The normalized spacial score (nSPS) is 19.8. The van der Waals surface area contributed by atoms with Crippen molar-refractivity contribution < 1.29 is 19.5 Å². The lowest BCUT2D eigenvalue weighted by Crippen LogP contribution is -2.76. The minimum atomic E-state index is -0.722. The first-order valence-electron chi connectivity index (χ1n) is 14.2. The third-order valence-electron chi connectivity index (χ3n) is 7.45. The van der Waals surface area contributed by atoms with E-state index in [2.05, 4.69) is 12.2 Å². The van der Waals surface area contributed by atoms with Crippen LogP contribution < -0.4 is 5.32 Å². The van der Waals surface area contributed by atoms with Gasteiger partial charge in [-0.1, -0.05) is 75.6 Å². The Morgan fingerprint density at radius 3 is 2.36 bits per heavy atom. The zero-order chi connectivity index (χ0) is 27.8. The third-order valence-corrected chi connectivity index (χ3v) is 7.45. The lowest BCUT2D eigenvalue weighted by atomic mass is 9.98. The molecule has 0 spiro atoms. The number of rotatable bonds is 11. The van der Waals surface area contributed by atoms with Crippen LogP contribution in [0.25, 0.3) is 0 Å². The van der Waals surface area contributed by atoms with Crippen LogP contribution in [0, 0.1) is 0 Å². The van der Waals surface area contributed by atoms with Crippen molar-refractivity contribution in [1.82, 2.24) is 25.1 Å². The molecule has 2 fully saturated rings. The number of carbonyl (C=O) groups is 3. The molecule has 0 unspecified atom stereocenters. The molecule has 0 saturated carbocycles. The molecule has 2 N–H and O–H groups in total. The van der Waals surface area contributed by atoms with Gasteiger partial charge < -0.3 is 20.2 Å². The molecule has 2 atom stereocenters. The number of nitrogens with one attached hydrogen (secondary N) is 1. The molecule has 2 aliphatic heterocycles. The predicted octanol–water partition coefficient (Wildman–Crippen LogP) is 3.73. The summed E-state index contributed by atoms with van der Waals surface area (Å²) in [6, 6.07) is 15.5. The summed E-state index contributed by atoms with van der Waals surface area (Å²) in [5.41, 5.74) is 1.83. The van der Waals surface area contributed by atoms with E-state index in [0.717, 1.165) is 43.2 Å². The van der Waals surface area contributed by atoms with Gasteiger partial charge in [-0.15, -0.1) is 0 Å². The van der Waals surface area contributed by atoms with Crippen molar-refractivity contribution in [3.05, 3.63) is 65.7 Å². The van der Waals surface area contributed by atoms with Crippen molar-refractivity contribution >= 4 is 17.8 Å². The molecule has 9 heteroatoms. The smallest absolute Gasteiger partial charge is 0.334 e. The molecule has 0 bridgehead atoms.